The number of hydrogen-bond acceptors (Lipinski definition) is 3. The minimum Gasteiger partial charge on any atom is -0.339 e. The summed E-state index contributed by atoms with van der Waals surface area (Å²) in [6.45, 7) is 2.95. The molecule has 0 N–H and O–H groups in total. The van der Waals surface area contributed by atoms with E-state index >= 15 is 0 Å². The van der Waals surface area contributed by atoms with E-state index in [1.807, 2.05) is 31.2 Å². The number of sulfone groups is 1. The second kappa shape index (κ2) is 5.33. The van der Waals surface area contributed by atoms with Crippen molar-refractivity contribution in [2.45, 2.75) is 25.0 Å². The molecule has 5 heteroatoms. The molecule has 0 radical (unpaired) electrons. The minimum absolute atomic E-state index is 0.00468. The maximum absolute atomic E-state index is 12.4. The zero-order chi connectivity index (χ0) is 14.0. The molecule has 0 bridgehead atoms. The molecule has 4 nitrogen and oxygen atoms in total. The number of nitrogens with zero attached hydrogens (tertiary/aromatic N) is 1. The Kier molecular flexibility index (Phi) is 3.94. The van der Waals surface area contributed by atoms with Crippen LogP contribution >= 0.6 is 0 Å². The van der Waals surface area contributed by atoms with Crippen LogP contribution in [0.3, 0.4) is 0 Å². The highest BCUT2D eigenvalue weighted by Crippen LogP contribution is 2.20. The van der Waals surface area contributed by atoms with Gasteiger partial charge < -0.3 is 4.90 Å². The summed E-state index contributed by atoms with van der Waals surface area (Å²) in [4.78, 5) is 14.1. The van der Waals surface area contributed by atoms with E-state index in [0.717, 1.165) is 5.56 Å². The molecule has 1 aliphatic heterocycles. The van der Waals surface area contributed by atoms with Gasteiger partial charge in [0, 0.05) is 24.9 Å². The van der Waals surface area contributed by atoms with Crippen molar-refractivity contribution in [3.63, 3.8) is 0 Å². The van der Waals surface area contributed by atoms with E-state index in [-0.39, 0.29) is 11.2 Å². The average molecular weight is 281 g/mol. The molecule has 1 saturated heterocycles. The molecule has 19 heavy (non-hydrogen) atoms. The van der Waals surface area contributed by atoms with Gasteiger partial charge in [-0.25, -0.2) is 8.42 Å². The zero-order valence-electron chi connectivity index (χ0n) is 11.3. The monoisotopic (exact) mass is 281 g/mol. The predicted octanol–water partition coefficient (Wildman–Crippen LogP) is 1.64. The van der Waals surface area contributed by atoms with Crippen LogP contribution in [-0.2, 0) is 9.84 Å². The van der Waals surface area contributed by atoms with Crippen molar-refractivity contribution >= 4 is 15.7 Å². The fourth-order valence-electron chi connectivity index (χ4n) is 2.47. The van der Waals surface area contributed by atoms with Crippen LogP contribution in [0.1, 0.15) is 28.8 Å². The van der Waals surface area contributed by atoms with Gasteiger partial charge in [-0.05, 0) is 31.4 Å². The van der Waals surface area contributed by atoms with Crippen molar-refractivity contribution in [3.8, 4) is 0 Å². The van der Waals surface area contributed by atoms with E-state index in [2.05, 4.69) is 0 Å². The van der Waals surface area contributed by atoms with Gasteiger partial charge in [-0.2, -0.15) is 0 Å². The van der Waals surface area contributed by atoms with Gasteiger partial charge in [0.25, 0.3) is 5.91 Å². The number of aryl methyl sites for hydroxylation is 1. The molecule has 0 aromatic heterocycles. The molecule has 1 heterocycles. The van der Waals surface area contributed by atoms with Crippen molar-refractivity contribution in [3.05, 3.63) is 35.4 Å². The highest BCUT2D eigenvalue weighted by atomic mass is 32.2. The molecule has 1 fully saturated rings. The first kappa shape index (κ1) is 14.1. The second-order valence-corrected chi connectivity index (χ2v) is 7.46. The Balaban J connectivity index is 2.07. The standard InChI is InChI=1S/C14H19NO3S/c1-11-5-3-4-6-13(11)14(16)15-9-7-12(8-10-15)19(2,17)18/h3-6,12H,7-10H2,1-2H3. The summed E-state index contributed by atoms with van der Waals surface area (Å²) >= 11 is 0. The van der Waals surface area contributed by atoms with Crippen LogP contribution < -0.4 is 0 Å². The second-order valence-electron chi connectivity index (χ2n) is 5.14. The SMILES string of the molecule is Cc1ccccc1C(=O)N1CCC(S(C)(=O)=O)CC1. The summed E-state index contributed by atoms with van der Waals surface area (Å²) in [5, 5.41) is -0.298. The van der Waals surface area contributed by atoms with Crippen LogP contribution in [0, 0.1) is 6.92 Å². The van der Waals surface area contributed by atoms with Gasteiger partial charge in [-0.15, -0.1) is 0 Å². The number of rotatable bonds is 2. The van der Waals surface area contributed by atoms with E-state index in [9.17, 15) is 13.2 Å². The van der Waals surface area contributed by atoms with Gasteiger partial charge in [-0.3, -0.25) is 4.79 Å². The Labute approximate surface area is 114 Å². The van der Waals surface area contributed by atoms with E-state index in [1.165, 1.54) is 6.26 Å². The Hall–Kier alpha value is -1.36. The number of piperidine rings is 1. The smallest absolute Gasteiger partial charge is 0.254 e. The highest BCUT2D eigenvalue weighted by molar-refractivity contribution is 7.91. The largest absolute Gasteiger partial charge is 0.339 e. The summed E-state index contributed by atoms with van der Waals surface area (Å²) in [5.41, 5.74) is 1.66. The third kappa shape index (κ3) is 3.15. The third-order valence-electron chi connectivity index (χ3n) is 3.71. The number of benzene rings is 1. The van der Waals surface area contributed by atoms with Gasteiger partial charge >= 0.3 is 0 Å². The first-order valence-corrected chi connectivity index (χ1v) is 8.39. The van der Waals surface area contributed by atoms with Crippen molar-refractivity contribution in [2.75, 3.05) is 19.3 Å². The van der Waals surface area contributed by atoms with Crippen LogP contribution in [0.4, 0.5) is 0 Å². The lowest BCUT2D eigenvalue weighted by Gasteiger charge is -2.31. The Bertz CT molecular complexity index is 572. The summed E-state index contributed by atoms with van der Waals surface area (Å²) in [6, 6.07) is 7.49. The number of hydrogen-bond donors (Lipinski definition) is 0. The number of likely N-dealkylation sites (tertiary alicyclic amines) is 1. The van der Waals surface area contributed by atoms with Gasteiger partial charge in [0.1, 0.15) is 9.84 Å². The van der Waals surface area contributed by atoms with Crippen molar-refractivity contribution in [1.29, 1.82) is 0 Å². The summed E-state index contributed by atoms with van der Waals surface area (Å²) < 4.78 is 23.0. The first-order chi connectivity index (χ1) is 8.89. The fourth-order valence-corrected chi connectivity index (χ4v) is 3.54. The van der Waals surface area contributed by atoms with E-state index < -0.39 is 9.84 Å². The summed E-state index contributed by atoms with van der Waals surface area (Å²) in [6.07, 6.45) is 2.35. The number of carbonyl (C=O) groups excluding carboxylic acids is 1. The minimum atomic E-state index is -2.99. The Morgan fingerprint density at radius 3 is 2.32 bits per heavy atom. The lowest BCUT2D eigenvalue weighted by atomic mass is 10.1. The molecule has 1 aromatic carbocycles. The van der Waals surface area contributed by atoms with Gasteiger partial charge in [-0.1, -0.05) is 18.2 Å². The molecule has 1 amide bonds. The maximum Gasteiger partial charge on any atom is 0.254 e. The molecule has 0 aliphatic carbocycles. The van der Waals surface area contributed by atoms with E-state index in [0.29, 0.717) is 31.5 Å². The maximum atomic E-state index is 12.4. The molecule has 0 spiro atoms. The summed E-state index contributed by atoms with van der Waals surface area (Å²) in [7, 11) is -2.99. The quantitative estimate of drug-likeness (QED) is 0.828. The Morgan fingerprint density at radius 1 is 1.21 bits per heavy atom. The van der Waals surface area contributed by atoms with Crippen LogP contribution in [-0.4, -0.2) is 43.8 Å². The first-order valence-electron chi connectivity index (χ1n) is 6.43. The van der Waals surface area contributed by atoms with Gasteiger partial charge in [0.2, 0.25) is 0 Å². The average Bonchev–Trinajstić information content (AvgIpc) is 2.38. The molecule has 1 aliphatic rings. The van der Waals surface area contributed by atoms with Crippen LogP contribution in [0.15, 0.2) is 24.3 Å². The van der Waals surface area contributed by atoms with Gasteiger partial charge in [0.05, 0.1) is 5.25 Å². The van der Waals surface area contributed by atoms with Crippen LogP contribution in [0.5, 0.6) is 0 Å². The lowest BCUT2D eigenvalue weighted by molar-refractivity contribution is 0.0725. The predicted molar refractivity (Wildman–Crippen MR) is 74.9 cm³/mol. The molecule has 104 valence electrons. The fraction of sp³-hybridized carbons (Fsp3) is 0.500. The molecule has 2 rings (SSSR count). The molecule has 0 unspecified atom stereocenters. The Morgan fingerprint density at radius 2 is 1.79 bits per heavy atom. The van der Waals surface area contributed by atoms with Crippen molar-refractivity contribution in [1.82, 2.24) is 4.90 Å². The van der Waals surface area contributed by atoms with E-state index in [1.54, 1.807) is 4.90 Å². The lowest BCUT2D eigenvalue weighted by Crippen LogP contribution is -2.42. The third-order valence-corrected chi connectivity index (χ3v) is 5.39. The van der Waals surface area contributed by atoms with Crippen LogP contribution in [0.2, 0.25) is 0 Å². The molecular weight excluding hydrogens is 262 g/mol. The number of carbonyl (C=O) groups is 1. The molecule has 1 aromatic rings. The molecular formula is C14H19NO3S. The molecule has 0 saturated carbocycles. The normalized spacial score (nSPS) is 17.5. The van der Waals surface area contributed by atoms with Crippen molar-refractivity contribution < 1.29 is 13.2 Å². The number of amides is 1. The molecule has 0 atom stereocenters. The zero-order valence-corrected chi connectivity index (χ0v) is 12.1. The topological polar surface area (TPSA) is 54.5 Å². The van der Waals surface area contributed by atoms with E-state index in [4.69, 9.17) is 0 Å². The van der Waals surface area contributed by atoms with Crippen LogP contribution in [0.25, 0.3) is 0 Å². The highest BCUT2D eigenvalue weighted by Gasteiger charge is 2.29. The van der Waals surface area contributed by atoms with Gasteiger partial charge in [0.15, 0.2) is 0 Å². The summed E-state index contributed by atoms with van der Waals surface area (Å²) in [5.74, 6) is 0.00468. The van der Waals surface area contributed by atoms with Crippen molar-refractivity contribution in [2.24, 2.45) is 0 Å².